The molecule has 0 aliphatic heterocycles. The molecule has 6 heteroatoms. The number of benzene rings is 2. The monoisotopic (exact) mass is 418 g/mol. The third-order valence-corrected chi connectivity index (χ3v) is 11.1. The molecule has 3 rings (SSSR count). The van der Waals surface area contributed by atoms with Gasteiger partial charge in [0.05, 0.1) is 12.9 Å². The zero-order valence-corrected chi connectivity index (χ0v) is 18.9. The standard InChI is InChI=1S/C22H30O4SSi/c1-22(2,3)28(20-11-7-5-8-12-20,21-13-9-6-10-14-21)26-17-19-15-18(19)16-25-27(4,23)24/h5-14,18-19H,15-17H2,1-4H3/t18-,19-/m1/s1. The van der Waals surface area contributed by atoms with Crippen LogP contribution in [0, 0.1) is 11.8 Å². The Labute approximate surface area is 170 Å². The van der Waals surface area contributed by atoms with Crippen LogP contribution in [-0.4, -0.2) is 36.2 Å². The first-order chi connectivity index (χ1) is 13.1. The summed E-state index contributed by atoms with van der Waals surface area (Å²) in [6.07, 6.45) is 2.05. The van der Waals surface area contributed by atoms with Crippen molar-refractivity contribution in [3.63, 3.8) is 0 Å². The van der Waals surface area contributed by atoms with Gasteiger partial charge in [-0.25, -0.2) is 0 Å². The zero-order chi connectivity index (χ0) is 20.4. The summed E-state index contributed by atoms with van der Waals surface area (Å²) >= 11 is 0. The van der Waals surface area contributed by atoms with Crippen molar-refractivity contribution in [2.45, 2.75) is 32.2 Å². The van der Waals surface area contributed by atoms with E-state index in [0.29, 0.717) is 12.5 Å². The fourth-order valence-electron chi connectivity index (χ4n) is 3.92. The van der Waals surface area contributed by atoms with E-state index < -0.39 is 18.4 Å². The fraction of sp³-hybridized carbons (Fsp3) is 0.455. The minimum Gasteiger partial charge on any atom is -0.407 e. The van der Waals surface area contributed by atoms with Crippen LogP contribution >= 0.6 is 0 Å². The minimum absolute atomic E-state index is 0.0522. The van der Waals surface area contributed by atoms with Crippen LogP contribution < -0.4 is 10.4 Å². The predicted molar refractivity (Wildman–Crippen MR) is 116 cm³/mol. The largest absolute Gasteiger partial charge is 0.407 e. The zero-order valence-electron chi connectivity index (χ0n) is 17.1. The molecular weight excluding hydrogens is 388 g/mol. The maximum absolute atomic E-state index is 11.2. The second-order valence-electron chi connectivity index (χ2n) is 8.72. The van der Waals surface area contributed by atoms with E-state index in [9.17, 15) is 8.42 Å². The Morgan fingerprint density at radius 1 is 0.893 bits per heavy atom. The summed E-state index contributed by atoms with van der Waals surface area (Å²) in [7, 11) is -5.91. The molecule has 0 radical (unpaired) electrons. The van der Waals surface area contributed by atoms with Crippen molar-refractivity contribution in [1.82, 2.24) is 0 Å². The molecule has 28 heavy (non-hydrogen) atoms. The van der Waals surface area contributed by atoms with Crippen LogP contribution in [0.4, 0.5) is 0 Å². The van der Waals surface area contributed by atoms with Crippen LogP contribution in [0.2, 0.25) is 5.04 Å². The second kappa shape index (κ2) is 8.11. The van der Waals surface area contributed by atoms with Gasteiger partial charge >= 0.3 is 0 Å². The first-order valence-corrected chi connectivity index (χ1v) is 13.5. The van der Waals surface area contributed by atoms with Crippen molar-refractivity contribution in [1.29, 1.82) is 0 Å². The van der Waals surface area contributed by atoms with Crippen molar-refractivity contribution in [3.05, 3.63) is 60.7 Å². The highest BCUT2D eigenvalue weighted by atomic mass is 32.2. The molecule has 0 N–H and O–H groups in total. The molecule has 1 fully saturated rings. The van der Waals surface area contributed by atoms with Crippen LogP contribution in [0.1, 0.15) is 27.2 Å². The molecule has 1 saturated carbocycles. The second-order valence-corrected chi connectivity index (χ2v) is 14.7. The molecule has 0 unspecified atom stereocenters. The highest BCUT2D eigenvalue weighted by Crippen LogP contribution is 2.42. The van der Waals surface area contributed by atoms with Crippen molar-refractivity contribution in [2.75, 3.05) is 19.5 Å². The number of rotatable bonds is 8. The Morgan fingerprint density at radius 3 is 1.79 bits per heavy atom. The quantitative estimate of drug-likeness (QED) is 0.488. The SMILES string of the molecule is CC(C)(C)[Si](OC[C@H]1C[C@@H]1COS(C)(=O)=O)(c1ccccc1)c1ccccc1. The summed E-state index contributed by atoms with van der Waals surface area (Å²) in [4.78, 5) is 0. The van der Waals surface area contributed by atoms with Crippen LogP contribution in [0.5, 0.6) is 0 Å². The Hall–Kier alpha value is -1.47. The highest BCUT2D eigenvalue weighted by molar-refractivity contribution is 7.85. The molecule has 0 aromatic heterocycles. The van der Waals surface area contributed by atoms with Crippen LogP contribution in [-0.2, 0) is 18.7 Å². The first kappa shape index (κ1) is 21.2. The molecule has 0 spiro atoms. The van der Waals surface area contributed by atoms with Gasteiger partial charge in [0.25, 0.3) is 18.4 Å². The summed E-state index contributed by atoms with van der Waals surface area (Å²) < 4.78 is 34.4. The third-order valence-electron chi connectivity index (χ3n) is 5.50. The molecule has 1 aliphatic rings. The van der Waals surface area contributed by atoms with E-state index in [1.807, 2.05) is 12.1 Å². The van der Waals surface area contributed by atoms with Gasteiger partial charge < -0.3 is 4.43 Å². The summed E-state index contributed by atoms with van der Waals surface area (Å²) in [5, 5.41) is 2.47. The highest BCUT2D eigenvalue weighted by Gasteiger charge is 2.51. The molecule has 1 aliphatic carbocycles. The maximum Gasteiger partial charge on any atom is 0.264 e. The Morgan fingerprint density at radius 2 is 1.36 bits per heavy atom. The minimum atomic E-state index is -3.39. The molecular formula is C22H30O4SSi. The lowest BCUT2D eigenvalue weighted by molar-refractivity contribution is 0.250. The van der Waals surface area contributed by atoms with Crippen molar-refractivity contribution < 1.29 is 17.0 Å². The summed E-state index contributed by atoms with van der Waals surface area (Å²) in [5.41, 5.74) is 0. The van der Waals surface area contributed by atoms with Gasteiger partial charge in [0.2, 0.25) is 0 Å². The summed E-state index contributed by atoms with van der Waals surface area (Å²) in [6.45, 7) is 7.67. The van der Waals surface area contributed by atoms with E-state index in [0.717, 1.165) is 12.7 Å². The van der Waals surface area contributed by atoms with Gasteiger partial charge in [0.15, 0.2) is 0 Å². The summed E-state index contributed by atoms with van der Waals surface area (Å²) in [6, 6.07) is 21.1. The van der Waals surface area contributed by atoms with Crippen LogP contribution in [0.15, 0.2) is 60.7 Å². The lowest BCUT2D eigenvalue weighted by Crippen LogP contribution is -2.66. The molecule has 2 aromatic carbocycles. The fourth-order valence-corrected chi connectivity index (χ4v) is 8.96. The van der Waals surface area contributed by atoms with Gasteiger partial charge in [0.1, 0.15) is 0 Å². The Bertz CT molecular complexity index is 836. The smallest absolute Gasteiger partial charge is 0.264 e. The van der Waals surface area contributed by atoms with Crippen molar-refractivity contribution >= 4 is 28.8 Å². The molecule has 0 bridgehead atoms. The molecule has 4 nitrogen and oxygen atoms in total. The molecule has 0 saturated heterocycles. The molecule has 0 amide bonds. The topological polar surface area (TPSA) is 52.6 Å². The van der Waals surface area contributed by atoms with Crippen molar-refractivity contribution in [2.24, 2.45) is 11.8 Å². The van der Waals surface area contributed by atoms with Crippen molar-refractivity contribution in [3.8, 4) is 0 Å². The van der Waals surface area contributed by atoms with E-state index >= 15 is 0 Å². The van der Waals surface area contributed by atoms with Gasteiger partial charge in [-0.05, 0) is 33.7 Å². The average Bonchev–Trinajstić information content (AvgIpc) is 3.39. The van der Waals surface area contributed by atoms with Gasteiger partial charge in [0, 0.05) is 6.61 Å². The van der Waals surface area contributed by atoms with Crippen LogP contribution in [0.25, 0.3) is 0 Å². The number of hydrogen-bond acceptors (Lipinski definition) is 4. The van der Waals surface area contributed by atoms with Crippen LogP contribution in [0.3, 0.4) is 0 Å². The predicted octanol–water partition coefficient (Wildman–Crippen LogP) is 3.18. The lowest BCUT2D eigenvalue weighted by atomic mass is 10.2. The Balaban J connectivity index is 1.86. The molecule has 152 valence electrons. The van der Waals surface area contributed by atoms with E-state index in [-0.39, 0.29) is 17.6 Å². The average molecular weight is 419 g/mol. The normalized spacial score (nSPS) is 20.1. The van der Waals surface area contributed by atoms with Gasteiger partial charge in [-0.15, -0.1) is 0 Å². The van der Waals surface area contributed by atoms with Gasteiger partial charge in [-0.1, -0.05) is 81.4 Å². The maximum atomic E-state index is 11.2. The van der Waals surface area contributed by atoms with Gasteiger partial charge in [-0.2, -0.15) is 8.42 Å². The van der Waals surface area contributed by atoms with E-state index in [2.05, 4.69) is 69.3 Å². The lowest BCUT2D eigenvalue weighted by Gasteiger charge is -2.43. The Kier molecular flexibility index (Phi) is 6.15. The number of hydrogen-bond donors (Lipinski definition) is 0. The van der Waals surface area contributed by atoms with E-state index in [4.69, 9.17) is 8.61 Å². The molecule has 2 aromatic rings. The summed E-state index contributed by atoms with van der Waals surface area (Å²) in [5.74, 6) is 0.608. The molecule has 2 atom stereocenters. The van der Waals surface area contributed by atoms with E-state index in [1.54, 1.807) is 0 Å². The molecule has 0 heterocycles. The third kappa shape index (κ3) is 4.74. The first-order valence-electron chi connectivity index (χ1n) is 9.73. The van der Waals surface area contributed by atoms with Gasteiger partial charge in [-0.3, -0.25) is 4.18 Å². The van der Waals surface area contributed by atoms with E-state index in [1.165, 1.54) is 10.4 Å².